The lowest BCUT2D eigenvalue weighted by Crippen LogP contribution is -2.22. The van der Waals surface area contributed by atoms with Gasteiger partial charge < -0.3 is 9.30 Å². The summed E-state index contributed by atoms with van der Waals surface area (Å²) in [5, 5.41) is -1.17. The molecule has 158 valence electrons. The first-order valence-electron chi connectivity index (χ1n) is 9.52. The van der Waals surface area contributed by atoms with Gasteiger partial charge >= 0.3 is 0 Å². The average molecular weight is 431 g/mol. The topological polar surface area (TPSA) is 81.4 Å². The normalized spacial score (nSPS) is 14.2. The van der Waals surface area contributed by atoms with Crippen LogP contribution in [0.2, 0.25) is 25.7 Å². The highest BCUT2D eigenvalue weighted by molar-refractivity contribution is 7.86. The molecule has 2 aromatic rings. The number of rotatable bonds is 9. The minimum absolute atomic E-state index is 0.0827. The Hall–Kier alpha value is -1.29. The number of nitrogens with zero attached hydrogens (tertiary/aromatic N) is 2. The van der Waals surface area contributed by atoms with Gasteiger partial charge in [0.25, 0.3) is 10.1 Å². The Balaban J connectivity index is 2.55. The van der Waals surface area contributed by atoms with Crippen molar-refractivity contribution in [3.8, 4) is 0 Å². The zero-order valence-electron chi connectivity index (χ0n) is 17.5. The zero-order valence-corrected chi connectivity index (χ0v) is 19.3. The van der Waals surface area contributed by atoms with E-state index in [9.17, 15) is 17.4 Å². The minimum atomic E-state index is -4.32. The van der Waals surface area contributed by atoms with Gasteiger partial charge in [-0.1, -0.05) is 33.5 Å². The van der Waals surface area contributed by atoms with E-state index in [0.717, 1.165) is 6.04 Å². The maximum Gasteiger partial charge on any atom is 0.273 e. The van der Waals surface area contributed by atoms with Gasteiger partial charge in [0.1, 0.15) is 17.8 Å². The standard InChI is InChI=1S/C19H31FN2O4SSi/c1-13(2)9-15-16(20)11-21-17-10-18(14(3)27(23,24)25)22(19(15)17)12-26-7-8-28(4,5)6/h10-11,13-14H,7-9,12H2,1-6H3,(H,23,24,25). The second-order valence-electron chi connectivity index (χ2n) is 8.92. The van der Waals surface area contributed by atoms with Gasteiger partial charge in [-0.3, -0.25) is 9.54 Å². The Labute approximate surface area is 167 Å². The van der Waals surface area contributed by atoms with E-state index in [2.05, 4.69) is 24.6 Å². The Bertz CT molecular complexity index is 936. The number of halogens is 1. The molecule has 2 aromatic heterocycles. The summed E-state index contributed by atoms with van der Waals surface area (Å²) < 4.78 is 55.1. The Morgan fingerprint density at radius 2 is 1.93 bits per heavy atom. The molecular formula is C19H31FN2O4SSi. The molecule has 2 heterocycles. The molecule has 0 amide bonds. The molecular weight excluding hydrogens is 399 g/mol. The highest BCUT2D eigenvalue weighted by Crippen LogP contribution is 2.31. The third kappa shape index (κ3) is 5.62. The molecule has 0 saturated heterocycles. The lowest BCUT2D eigenvalue weighted by Gasteiger charge is -2.19. The van der Waals surface area contributed by atoms with Crippen molar-refractivity contribution < 1.29 is 22.1 Å². The number of ether oxygens (including phenoxy) is 1. The van der Waals surface area contributed by atoms with Crippen LogP contribution in [-0.4, -0.2) is 37.2 Å². The van der Waals surface area contributed by atoms with Crippen LogP contribution in [0.15, 0.2) is 12.3 Å². The van der Waals surface area contributed by atoms with Crippen molar-refractivity contribution >= 4 is 29.2 Å². The van der Waals surface area contributed by atoms with Crippen LogP contribution in [0.25, 0.3) is 11.0 Å². The van der Waals surface area contributed by atoms with E-state index in [1.165, 1.54) is 13.1 Å². The van der Waals surface area contributed by atoms with Crippen molar-refractivity contribution in [2.45, 2.75) is 64.9 Å². The van der Waals surface area contributed by atoms with Gasteiger partial charge in [-0.15, -0.1) is 0 Å². The van der Waals surface area contributed by atoms with Gasteiger partial charge in [-0.05, 0) is 31.4 Å². The molecule has 1 unspecified atom stereocenters. The molecule has 0 fully saturated rings. The van der Waals surface area contributed by atoms with Gasteiger partial charge in [-0.25, -0.2) is 4.39 Å². The van der Waals surface area contributed by atoms with Crippen LogP contribution >= 0.6 is 0 Å². The second-order valence-corrected chi connectivity index (χ2v) is 16.3. The summed E-state index contributed by atoms with van der Waals surface area (Å²) in [4.78, 5) is 4.14. The molecule has 28 heavy (non-hydrogen) atoms. The fourth-order valence-electron chi connectivity index (χ4n) is 3.05. The largest absolute Gasteiger partial charge is 0.361 e. The van der Waals surface area contributed by atoms with Crippen molar-refractivity contribution in [3.05, 3.63) is 29.3 Å². The van der Waals surface area contributed by atoms with E-state index in [-0.39, 0.29) is 12.6 Å². The molecule has 9 heteroatoms. The smallest absolute Gasteiger partial charge is 0.273 e. The fourth-order valence-corrected chi connectivity index (χ4v) is 4.31. The second kappa shape index (κ2) is 8.60. The highest BCUT2D eigenvalue weighted by atomic mass is 32.2. The molecule has 0 aliphatic carbocycles. The van der Waals surface area contributed by atoms with E-state index in [0.29, 0.717) is 35.3 Å². The van der Waals surface area contributed by atoms with Crippen LogP contribution < -0.4 is 0 Å². The number of fused-ring (bicyclic) bond motifs is 1. The maximum atomic E-state index is 14.6. The number of aromatic nitrogens is 2. The summed E-state index contributed by atoms with van der Waals surface area (Å²) >= 11 is 0. The monoisotopic (exact) mass is 430 g/mol. The zero-order chi connectivity index (χ0) is 21.3. The van der Waals surface area contributed by atoms with Gasteiger partial charge in [0.05, 0.1) is 17.2 Å². The van der Waals surface area contributed by atoms with Crippen LogP contribution in [0.5, 0.6) is 0 Å². The van der Waals surface area contributed by atoms with Crippen LogP contribution in [0.1, 0.15) is 37.3 Å². The maximum absolute atomic E-state index is 14.6. The Kier molecular flexibility index (Phi) is 7.06. The van der Waals surface area contributed by atoms with Crippen LogP contribution in [-0.2, 0) is 28.0 Å². The SMILES string of the molecule is CC(C)Cc1c(F)cnc2cc(C(C)S(=O)(=O)O)n(COCC[Si](C)(C)C)c12. The van der Waals surface area contributed by atoms with E-state index in [1.54, 1.807) is 10.6 Å². The highest BCUT2D eigenvalue weighted by Gasteiger charge is 2.27. The van der Waals surface area contributed by atoms with Crippen LogP contribution in [0.4, 0.5) is 4.39 Å². The lowest BCUT2D eigenvalue weighted by atomic mass is 10.0. The van der Waals surface area contributed by atoms with E-state index >= 15 is 0 Å². The summed E-state index contributed by atoms with van der Waals surface area (Å²) in [5.74, 6) is -0.215. The van der Waals surface area contributed by atoms with Crippen molar-refractivity contribution in [2.75, 3.05) is 6.61 Å². The molecule has 6 nitrogen and oxygen atoms in total. The van der Waals surface area contributed by atoms with Crippen LogP contribution in [0, 0.1) is 11.7 Å². The average Bonchev–Trinajstić information content (AvgIpc) is 2.90. The van der Waals surface area contributed by atoms with E-state index in [1.807, 2.05) is 13.8 Å². The van der Waals surface area contributed by atoms with Crippen molar-refractivity contribution in [2.24, 2.45) is 5.92 Å². The van der Waals surface area contributed by atoms with Crippen molar-refractivity contribution in [1.29, 1.82) is 0 Å². The first-order chi connectivity index (χ1) is 12.8. The first-order valence-corrected chi connectivity index (χ1v) is 14.7. The molecule has 0 aliphatic rings. The number of hydrogen-bond donors (Lipinski definition) is 1. The molecule has 0 bridgehead atoms. The summed E-state index contributed by atoms with van der Waals surface area (Å²) in [5.41, 5.74) is 1.86. The molecule has 0 aliphatic heterocycles. The predicted molar refractivity (Wildman–Crippen MR) is 112 cm³/mol. The van der Waals surface area contributed by atoms with Crippen LogP contribution in [0.3, 0.4) is 0 Å². The van der Waals surface area contributed by atoms with E-state index in [4.69, 9.17) is 4.74 Å². The number of pyridine rings is 1. The molecule has 0 saturated carbocycles. The Morgan fingerprint density at radius 1 is 1.29 bits per heavy atom. The third-order valence-corrected chi connectivity index (χ3v) is 7.53. The van der Waals surface area contributed by atoms with Gasteiger partial charge in [0, 0.05) is 25.9 Å². The van der Waals surface area contributed by atoms with Gasteiger partial charge in [0.15, 0.2) is 0 Å². The van der Waals surface area contributed by atoms with Crippen molar-refractivity contribution in [1.82, 2.24) is 9.55 Å². The summed E-state index contributed by atoms with van der Waals surface area (Å²) in [7, 11) is -5.60. The van der Waals surface area contributed by atoms with Gasteiger partial charge in [0.2, 0.25) is 0 Å². The van der Waals surface area contributed by atoms with Crippen molar-refractivity contribution in [3.63, 3.8) is 0 Å². The molecule has 1 atom stereocenters. The predicted octanol–water partition coefficient (Wildman–Crippen LogP) is 4.64. The lowest BCUT2D eigenvalue weighted by molar-refractivity contribution is 0.0882. The first kappa shape index (κ1) is 23.0. The third-order valence-electron chi connectivity index (χ3n) is 4.69. The summed E-state index contributed by atoms with van der Waals surface area (Å²) in [6.45, 7) is 12.7. The van der Waals surface area contributed by atoms with Gasteiger partial charge in [-0.2, -0.15) is 8.42 Å². The molecule has 1 N–H and O–H groups in total. The molecule has 0 radical (unpaired) electrons. The molecule has 0 spiro atoms. The fraction of sp³-hybridized carbons (Fsp3) is 0.632. The van der Waals surface area contributed by atoms with E-state index < -0.39 is 29.3 Å². The quantitative estimate of drug-likeness (QED) is 0.356. The minimum Gasteiger partial charge on any atom is -0.361 e. The molecule has 0 aromatic carbocycles. The number of hydrogen-bond acceptors (Lipinski definition) is 4. The summed E-state index contributed by atoms with van der Waals surface area (Å²) in [6.07, 6.45) is 1.65. The summed E-state index contributed by atoms with van der Waals surface area (Å²) in [6, 6.07) is 2.56. The molecule has 2 rings (SSSR count). The Morgan fingerprint density at radius 3 is 2.46 bits per heavy atom.